The van der Waals surface area contributed by atoms with Crippen LogP contribution in [0, 0.1) is 6.92 Å². The number of aryl methyl sites for hydroxylation is 1. The number of unbranched alkanes of at least 4 members (excludes halogenated alkanes) is 10. The lowest BCUT2D eigenvalue weighted by atomic mass is 10.0. The molecule has 2 atom stereocenters. The van der Waals surface area contributed by atoms with Gasteiger partial charge in [0.2, 0.25) is 0 Å². The van der Waals surface area contributed by atoms with Crippen LogP contribution < -0.4 is 18.9 Å². The lowest BCUT2D eigenvalue weighted by Gasteiger charge is -2.17. The van der Waals surface area contributed by atoms with Crippen LogP contribution in [0.5, 0.6) is 23.0 Å². The van der Waals surface area contributed by atoms with Crippen molar-refractivity contribution in [1.29, 1.82) is 0 Å². The SMILES string of the molecule is C=CC(=O)OC(CCCCCC)CCCCCOc1ccc(C(=O)Oc2ccc(OC(=O)c3ccc(OCCCCCC(CCCCCC)OC(=O)C=C)cc3)c(C)c2)cc1. The van der Waals surface area contributed by atoms with E-state index in [-0.39, 0.29) is 24.1 Å². The van der Waals surface area contributed by atoms with Crippen LogP contribution in [-0.4, -0.2) is 49.3 Å². The zero-order chi connectivity index (χ0) is 44.1. The highest BCUT2D eigenvalue weighted by Gasteiger charge is 2.16. The summed E-state index contributed by atoms with van der Waals surface area (Å²) in [5.74, 6) is 0.228. The fourth-order valence-electron chi connectivity index (χ4n) is 6.73. The Hall–Kier alpha value is -5.38. The van der Waals surface area contributed by atoms with Gasteiger partial charge in [0.05, 0.1) is 24.3 Å². The van der Waals surface area contributed by atoms with Crippen LogP contribution >= 0.6 is 0 Å². The van der Waals surface area contributed by atoms with Gasteiger partial charge in [0.25, 0.3) is 0 Å². The van der Waals surface area contributed by atoms with Gasteiger partial charge in [-0.05, 0) is 156 Å². The van der Waals surface area contributed by atoms with Crippen LogP contribution in [0.25, 0.3) is 0 Å². The normalized spacial score (nSPS) is 11.8. The summed E-state index contributed by atoms with van der Waals surface area (Å²) in [4.78, 5) is 49.3. The molecule has 0 radical (unpaired) electrons. The van der Waals surface area contributed by atoms with E-state index < -0.39 is 11.9 Å². The number of hydrogen-bond acceptors (Lipinski definition) is 10. The number of rotatable bonds is 32. The second kappa shape index (κ2) is 29.8. The van der Waals surface area contributed by atoms with E-state index in [1.165, 1.54) is 37.8 Å². The zero-order valence-electron chi connectivity index (χ0n) is 36.8. The first kappa shape index (κ1) is 50.0. The van der Waals surface area contributed by atoms with Gasteiger partial charge < -0.3 is 28.4 Å². The van der Waals surface area contributed by atoms with Crippen molar-refractivity contribution in [3.05, 3.63) is 109 Å². The number of ether oxygens (including phenoxy) is 6. The van der Waals surface area contributed by atoms with Gasteiger partial charge in [0, 0.05) is 12.2 Å². The molecule has 3 aromatic rings. The quantitative estimate of drug-likeness (QED) is 0.0260. The van der Waals surface area contributed by atoms with Gasteiger partial charge in [-0.1, -0.05) is 65.5 Å². The fraction of sp³-hybridized carbons (Fsp3) is 0.490. The van der Waals surface area contributed by atoms with Crippen molar-refractivity contribution in [2.75, 3.05) is 13.2 Å². The van der Waals surface area contributed by atoms with Gasteiger partial charge in [-0.3, -0.25) is 0 Å². The molecule has 0 saturated heterocycles. The van der Waals surface area contributed by atoms with Gasteiger partial charge in [-0.2, -0.15) is 0 Å². The van der Waals surface area contributed by atoms with E-state index in [0.717, 1.165) is 89.9 Å². The minimum absolute atomic E-state index is 0.0760. The van der Waals surface area contributed by atoms with Crippen molar-refractivity contribution in [3.63, 3.8) is 0 Å². The van der Waals surface area contributed by atoms with E-state index in [4.69, 9.17) is 28.4 Å². The average Bonchev–Trinajstić information content (AvgIpc) is 3.27. The van der Waals surface area contributed by atoms with Crippen molar-refractivity contribution >= 4 is 23.9 Å². The van der Waals surface area contributed by atoms with E-state index in [1.54, 1.807) is 73.7 Å². The van der Waals surface area contributed by atoms with Crippen molar-refractivity contribution < 1.29 is 47.6 Å². The van der Waals surface area contributed by atoms with Gasteiger partial charge in [-0.15, -0.1) is 0 Å². The maximum atomic E-state index is 12.9. The fourth-order valence-corrected chi connectivity index (χ4v) is 6.73. The molecule has 2 unspecified atom stereocenters. The van der Waals surface area contributed by atoms with E-state index in [2.05, 4.69) is 27.0 Å². The Labute approximate surface area is 364 Å². The summed E-state index contributed by atoms with van der Waals surface area (Å²) in [7, 11) is 0. The van der Waals surface area contributed by atoms with E-state index in [9.17, 15) is 19.2 Å². The standard InChI is InChI=1S/C51H68O10/c1-6-10-12-16-22-44(58-48(52)8-3)24-18-14-20-36-56-42-30-26-40(27-31-42)50(54)60-46-34-35-47(39(5)38-46)61-51(55)41-28-32-43(33-29-41)57-37-21-15-19-25-45(59-49(53)9-4)23-17-13-11-7-2/h8-9,26-35,38,44-45H,3-4,6-7,10-25,36-37H2,1-2,5H3. The Balaban J connectivity index is 1.35. The van der Waals surface area contributed by atoms with Crippen molar-refractivity contribution in [3.8, 4) is 23.0 Å². The molecule has 0 amide bonds. The van der Waals surface area contributed by atoms with E-state index >= 15 is 0 Å². The lowest BCUT2D eigenvalue weighted by Crippen LogP contribution is -2.17. The Kier molecular flexibility index (Phi) is 24.4. The number of benzene rings is 3. The molecule has 0 N–H and O–H groups in total. The predicted molar refractivity (Wildman–Crippen MR) is 240 cm³/mol. The summed E-state index contributed by atoms with van der Waals surface area (Å²) in [5.41, 5.74) is 1.38. The van der Waals surface area contributed by atoms with E-state index in [1.807, 2.05) is 0 Å². The summed E-state index contributed by atoms with van der Waals surface area (Å²) in [6.45, 7) is 14.2. The second-order valence-electron chi connectivity index (χ2n) is 15.4. The van der Waals surface area contributed by atoms with Crippen LogP contribution in [0.15, 0.2) is 92.0 Å². The minimum atomic E-state index is -0.521. The first-order chi connectivity index (χ1) is 29.6. The average molecular weight is 841 g/mol. The molecule has 10 nitrogen and oxygen atoms in total. The Morgan fingerprint density at radius 2 is 0.902 bits per heavy atom. The maximum absolute atomic E-state index is 12.9. The lowest BCUT2D eigenvalue weighted by molar-refractivity contribution is -0.144. The summed E-state index contributed by atoms with van der Waals surface area (Å²) in [6.07, 6.45) is 20.3. The molecule has 0 aromatic heterocycles. The highest BCUT2D eigenvalue weighted by molar-refractivity contribution is 5.92. The number of carbonyl (C=O) groups excluding carboxylic acids is 4. The molecular formula is C51H68O10. The molecule has 0 aliphatic carbocycles. The van der Waals surface area contributed by atoms with Gasteiger partial charge in [-0.25, -0.2) is 19.2 Å². The second-order valence-corrected chi connectivity index (χ2v) is 15.4. The van der Waals surface area contributed by atoms with Gasteiger partial charge in [0.15, 0.2) is 0 Å². The number of esters is 4. The first-order valence-electron chi connectivity index (χ1n) is 22.3. The highest BCUT2D eigenvalue weighted by atomic mass is 16.6. The topological polar surface area (TPSA) is 124 Å². The predicted octanol–water partition coefficient (Wildman–Crippen LogP) is 12.4. The monoisotopic (exact) mass is 840 g/mol. The molecule has 332 valence electrons. The molecule has 0 aliphatic rings. The van der Waals surface area contributed by atoms with Crippen molar-refractivity contribution in [2.24, 2.45) is 0 Å². The zero-order valence-corrected chi connectivity index (χ0v) is 36.8. The summed E-state index contributed by atoms with van der Waals surface area (Å²) in [5, 5.41) is 0. The van der Waals surface area contributed by atoms with Crippen molar-refractivity contribution in [2.45, 2.75) is 149 Å². The maximum Gasteiger partial charge on any atom is 0.343 e. The molecule has 0 bridgehead atoms. The largest absolute Gasteiger partial charge is 0.494 e. The van der Waals surface area contributed by atoms with Crippen molar-refractivity contribution in [1.82, 2.24) is 0 Å². The van der Waals surface area contributed by atoms with Crippen LogP contribution in [-0.2, 0) is 19.1 Å². The third-order valence-corrected chi connectivity index (χ3v) is 10.3. The Morgan fingerprint density at radius 1 is 0.508 bits per heavy atom. The van der Waals surface area contributed by atoms with Crippen LogP contribution in [0.1, 0.15) is 156 Å². The summed E-state index contributed by atoms with van der Waals surface area (Å²) < 4.78 is 34.1. The molecule has 3 rings (SSSR count). The first-order valence-corrected chi connectivity index (χ1v) is 22.3. The number of hydrogen-bond donors (Lipinski definition) is 0. The van der Waals surface area contributed by atoms with Crippen LogP contribution in [0.4, 0.5) is 0 Å². The Bertz CT molecular complexity index is 1760. The molecule has 61 heavy (non-hydrogen) atoms. The third-order valence-electron chi connectivity index (χ3n) is 10.3. The molecule has 3 aromatic carbocycles. The van der Waals surface area contributed by atoms with Crippen LogP contribution in [0.2, 0.25) is 0 Å². The summed E-state index contributed by atoms with van der Waals surface area (Å²) in [6, 6.07) is 18.4. The highest BCUT2D eigenvalue weighted by Crippen LogP contribution is 2.26. The minimum Gasteiger partial charge on any atom is -0.494 e. The van der Waals surface area contributed by atoms with E-state index in [0.29, 0.717) is 52.9 Å². The Morgan fingerprint density at radius 3 is 1.30 bits per heavy atom. The van der Waals surface area contributed by atoms with Gasteiger partial charge in [0.1, 0.15) is 35.2 Å². The number of carbonyl (C=O) groups is 4. The molecule has 0 fully saturated rings. The van der Waals surface area contributed by atoms with Gasteiger partial charge >= 0.3 is 23.9 Å². The summed E-state index contributed by atoms with van der Waals surface area (Å²) >= 11 is 0. The molecule has 0 saturated carbocycles. The molecular weight excluding hydrogens is 773 g/mol. The molecule has 0 aliphatic heterocycles. The smallest absolute Gasteiger partial charge is 0.343 e. The van der Waals surface area contributed by atoms with Crippen LogP contribution in [0.3, 0.4) is 0 Å². The molecule has 0 spiro atoms. The molecule has 0 heterocycles. The third kappa shape index (κ3) is 20.6. The molecule has 10 heteroatoms.